The van der Waals surface area contributed by atoms with Gasteiger partial charge in [0.05, 0.1) is 0 Å². The lowest BCUT2D eigenvalue weighted by atomic mass is 10.4. The van der Waals surface area contributed by atoms with Crippen molar-refractivity contribution in [3.63, 3.8) is 0 Å². The zero-order valence-electron chi connectivity index (χ0n) is 8.32. The Morgan fingerprint density at radius 2 is 2.07 bits per heavy atom. The third-order valence-electron chi connectivity index (χ3n) is 2.99. The first-order chi connectivity index (χ1) is 6.95. The first-order valence-corrected chi connectivity index (χ1v) is 5.43. The van der Waals surface area contributed by atoms with Crippen LogP contribution in [-0.2, 0) is 0 Å². The van der Waals surface area contributed by atoms with Gasteiger partial charge >= 0.3 is 0 Å². The molecule has 2 aliphatic rings. The summed E-state index contributed by atoms with van der Waals surface area (Å²) >= 11 is 0. The normalized spacial score (nSPS) is 22.7. The van der Waals surface area contributed by atoms with Crippen LogP contribution in [0.25, 0.3) is 0 Å². The molecule has 76 valence electrons. The van der Waals surface area contributed by atoms with E-state index >= 15 is 0 Å². The van der Waals surface area contributed by atoms with Gasteiger partial charge in [0.25, 0.3) is 0 Å². The lowest BCUT2D eigenvalue weighted by molar-refractivity contribution is 0.566. The molecule has 2 heterocycles. The minimum Gasteiger partial charge on any atom is -0.340 e. The third-order valence-corrected chi connectivity index (χ3v) is 2.99. The van der Waals surface area contributed by atoms with Gasteiger partial charge in [-0.15, -0.1) is 0 Å². The van der Waals surface area contributed by atoms with Crippen LogP contribution in [0.1, 0.15) is 18.9 Å². The van der Waals surface area contributed by atoms with E-state index in [1.54, 1.807) is 0 Å². The molecule has 1 aliphatic heterocycles. The molecule has 0 aromatic carbocycles. The van der Waals surface area contributed by atoms with E-state index in [-0.39, 0.29) is 0 Å². The number of piperazine rings is 1. The Balaban J connectivity index is 1.82. The van der Waals surface area contributed by atoms with Crippen LogP contribution in [-0.4, -0.2) is 35.7 Å². The summed E-state index contributed by atoms with van der Waals surface area (Å²) in [5, 5.41) is 3.36. The van der Waals surface area contributed by atoms with Crippen LogP contribution in [0.5, 0.6) is 0 Å². The van der Waals surface area contributed by atoms with Crippen LogP contribution in [0.15, 0.2) is 12.4 Å². The smallest absolute Gasteiger partial charge is 0.205 e. The lowest BCUT2D eigenvalue weighted by Crippen LogP contribution is -2.44. The number of nitrogens with zero attached hydrogens (tertiary/aromatic N) is 3. The summed E-state index contributed by atoms with van der Waals surface area (Å²) in [5.74, 6) is 1.18. The fourth-order valence-electron chi connectivity index (χ4n) is 2.05. The molecule has 1 aromatic rings. The maximum atomic E-state index is 4.46. The highest BCUT2D eigenvalue weighted by Gasteiger charge is 2.27. The van der Waals surface area contributed by atoms with Gasteiger partial charge in [0.1, 0.15) is 0 Å². The van der Waals surface area contributed by atoms with E-state index in [0.717, 1.165) is 32.2 Å². The summed E-state index contributed by atoms with van der Waals surface area (Å²) < 4.78 is 2.34. The van der Waals surface area contributed by atoms with Crippen LogP contribution in [0, 0.1) is 0 Å². The Morgan fingerprint density at radius 3 is 2.79 bits per heavy atom. The molecule has 0 unspecified atom stereocenters. The van der Waals surface area contributed by atoms with Crippen molar-refractivity contribution in [3.8, 4) is 0 Å². The molecule has 0 radical (unpaired) electrons. The Hall–Kier alpha value is -1.03. The molecule has 1 aliphatic carbocycles. The molecule has 4 heteroatoms. The predicted octanol–water partition coefficient (Wildman–Crippen LogP) is 0.628. The summed E-state index contributed by atoms with van der Waals surface area (Å²) in [6, 6.07) is 0.738. The van der Waals surface area contributed by atoms with E-state index < -0.39 is 0 Å². The molecule has 1 aromatic heterocycles. The van der Waals surface area contributed by atoms with E-state index in [2.05, 4.69) is 26.0 Å². The van der Waals surface area contributed by atoms with Crippen molar-refractivity contribution in [2.24, 2.45) is 0 Å². The average Bonchev–Trinajstić information content (AvgIpc) is 2.98. The van der Waals surface area contributed by atoms with Gasteiger partial charge in [0.2, 0.25) is 5.95 Å². The van der Waals surface area contributed by atoms with Gasteiger partial charge in [-0.25, -0.2) is 4.98 Å². The van der Waals surface area contributed by atoms with Crippen molar-refractivity contribution >= 4 is 5.95 Å². The topological polar surface area (TPSA) is 33.1 Å². The number of rotatable bonds is 2. The van der Waals surface area contributed by atoms with Crippen LogP contribution in [0.3, 0.4) is 0 Å². The molecule has 2 fully saturated rings. The highest BCUT2D eigenvalue weighted by atomic mass is 15.3. The van der Waals surface area contributed by atoms with Gasteiger partial charge in [0.15, 0.2) is 0 Å². The Kier molecular flexibility index (Phi) is 1.94. The lowest BCUT2D eigenvalue weighted by Gasteiger charge is -2.28. The van der Waals surface area contributed by atoms with Crippen LogP contribution < -0.4 is 10.2 Å². The first kappa shape index (κ1) is 8.29. The van der Waals surface area contributed by atoms with Gasteiger partial charge in [-0.2, -0.15) is 0 Å². The maximum Gasteiger partial charge on any atom is 0.205 e. The molecule has 1 saturated heterocycles. The number of anilines is 1. The van der Waals surface area contributed by atoms with Gasteiger partial charge < -0.3 is 14.8 Å². The van der Waals surface area contributed by atoms with E-state index in [1.807, 2.05) is 6.20 Å². The Bertz CT molecular complexity index is 310. The zero-order chi connectivity index (χ0) is 9.38. The molecular weight excluding hydrogens is 176 g/mol. The molecule has 3 rings (SSSR count). The molecule has 14 heavy (non-hydrogen) atoms. The van der Waals surface area contributed by atoms with Gasteiger partial charge in [-0.1, -0.05) is 0 Å². The predicted molar refractivity (Wildman–Crippen MR) is 55.6 cm³/mol. The fraction of sp³-hybridized carbons (Fsp3) is 0.700. The molecule has 4 nitrogen and oxygen atoms in total. The monoisotopic (exact) mass is 192 g/mol. The largest absolute Gasteiger partial charge is 0.340 e. The minimum atomic E-state index is 0.738. The minimum absolute atomic E-state index is 0.738. The van der Waals surface area contributed by atoms with E-state index in [4.69, 9.17) is 0 Å². The fourth-order valence-corrected chi connectivity index (χ4v) is 2.05. The highest BCUT2D eigenvalue weighted by molar-refractivity contribution is 5.33. The van der Waals surface area contributed by atoms with E-state index in [9.17, 15) is 0 Å². The van der Waals surface area contributed by atoms with Crippen molar-refractivity contribution in [1.29, 1.82) is 0 Å². The van der Waals surface area contributed by atoms with Crippen molar-refractivity contribution in [2.45, 2.75) is 18.9 Å². The van der Waals surface area contributed by atoms with E-state index in [0.29, 0.717) is 0 Å². The van der Waals surface area contributed by atoms with Gasteiger partial charge in [-0.05, 0) is 12.8 Å². The zero-order valence-corrected chi connectivity index (χ0v) is 8.32. The first-order valence-electron chi connectivity index (χ1n) is 5.43. The summed E-state index contributed by atoms with van der Waals surface area (Å²) in [6.07, 6.45) is 6.70. The second kappa shape index (κ2) is 3.28. The molecule has 1 N–H and O–H groups in total. The SMILES string of the molecule is c1cn(C2CC2)c(N2CCNCC2)n1. The Morgan fingerprint density at radius 1 is 1.29 bits per heavy atom. The van der Waals surface area contributed by atoms with Crippen LogP contribution >= 0.6 is 0 Å². The molecule has 0 bridgehead atoms. The quantitative estimate of drug-likeness (QED) is 0.746. The van der Waals surface area contributed by atoms with Gasteiger partial charge in [0, 0.05) is 44.6 Å². The second-order valence-corrected chi connectivity index (χ2v) is 4.10. The third kappa shape index (κ3) is 1.39. The van der Waals surface area contributed by atoms with Crippen molar-refractivity contribution < 1.29 is 0 Å². The van der Waals surface area contributed by atoms with Gasteiger partial charge in [-0.3, -0.25) is 0 Å². The van der Waals surface area contributed by atoms with Crippen LogP contribution in [0.2, 0.25) is 0 Å². The molecule has 1 saturated carbocycles. The number of hydrogen-bond acceptors (Lipinski definition) is 3. The van der Waals surface area contributed by atoms with Crippen molar-refractivity contribution in [1.82, 2.24) is 14.9 Å². The standard InChI is InChI=1S/C10H16N4/c1-2-9(1)14-8-5-12-10(14)13-6-3-11-4-7-13/h5,8-9,11H,1-4,6-7H2. The molecular formula is C10H16N4. The molecule has 0 atom stereocenters. The highest BCUT2D eigenvalue weighted by Crippen LogP contribution is 2.37. The van der Waals surface area contributed by atoms with Crippen molar-refractivity contribution in [2.75, 3.05) is 31.1 Å². The van der Waals surface area contributed by atoms with Crippen LogP contribution in [0.4, 0.5) is 5.95 Å². The van der Waals surface area contributed by atoms with E-state index in [1.165, 1.54) is 18.8 Å². The summed E-state index contributed by atoms with van der Waals surface area (Å²) in [7, 11) is 0. The maximum absolute atomic E-state index is 4.46. The molecule has 0 spiro atoms. The van der Waals surface area contributed by atoms with Crippen molar-refractivity contribution in [3.05, 3.63) is 12.4 Å². The number of imidazole rings is 1. The summed E-state index contributed by atoms with van der Waals surface area (Å²) in [5.41, 5.74) is 0. The number of nitrogens with one attached hydrogen (secondary N) is 1. The molecule has 0 amide bonds. The Labute approximate surface area is 83.9 Å². The summed E-state index contributed by atoms with van der Waals surface area (Å²) in [4.78, 5) is 6.85. The second-order valence-electron chi connectivity index (χ2n) is 4.10. The number of hydrogen-bond donors (Lipinski definition) is 1. The average molecular weight is 192 g/mol. The summed E-state index contributed by atoms with van der Waals surface area (Å²) in [6.45, 7) is 4.34. The number of aromatic nitrogens is 2.